The molecule has 0 bridgehead atoms. The fourth-order valence-corrected chi connectivity index (χ4v) is 4.44. The van der Waals surface area contributed by atoms with Crippen molar-refractivity contribution in [3.63, 3.8) is 0 Å². The predicted molar refractivity (Wildman–Crippen MR) is 77.4 cm³/mol. The van der Waals surface area contributed by atoms with Gasteiger partial charge in [0.25, 0.3) is 0 Å². The van der Waals surface area contributed by atoms with E-state index in [1.807, 2.05) is 0 Å². The molecule has 2 aliphatic rings. The highest BCUT2D eigenvalue weighted by Crippen LogP contribution is 2.43. The molecule has 0 aliphatic heterocycles. The molecular weight excluding hydrogens is 220 g/mol. The molecule has 106 valence electrons. The van der Waals surface area contributed by atoms with Crippen LogP contribution in [-0.2, 0) is 0 Å². The molecule has 3 unspecified atom stereocenters. The van der Waals surface area contributed by atoms with Gasteiger partial charge in [0.15, 0.2) is 0 Å². The standard InChI is InChI=1S/C17H32O/c1-12-9-13(2)11-15(10-12)16(18)14-5-7-17(3,4)8-6-14/h12-16,18H,5-11H2,1-4H3. The first-order valence-corrected chi connectivity index (χ1v) is 8.05. The van der Waals surface area contributed by atoms with Crippen molar-refractivity contribution in [1.82, 2.24) is 0 Å². The third kappa shape index (κ3) is 3.50. The van der Waals surface area contributed by atoms with Crippen molar-refractivity contribution in [2.45, 2.75) is 78.7 Å². The summed E-state index contributed by atoms with van der Waals surface area (Å²) in [7, 11) is 0. The maximum absolute atomic E-state index is 10.7. The maximum Gasteiger partial charge on any atom is 0.0596 e. The van der Waals surface area contributed by atoms with E-state index < -0.39 is 0 Å². The molecule has 1 heteroatoms. The minimum Gasteiger partial charge on any atom is -0.393 e. The van der Waals surface area contributed by atoms with Gasteiger partial charge in [-0.25, -0.2) is 0 Å². The van der Waals surface area contributed by atoms with Crippen LogP contribution in [0.4, 0.5) is 0 Å². The molecule has 0 aromatic carbocycles. The van der Waals surface area contributed by atoms with Crippen molar-refractivity contribution in [1.29, 1.82) is 0 Å². The van der Waals surface area contributed by atoms with Gasteiger partial charge in [0.1, 0.15) is 0 Å². The fraction of sp³-hybridized carbons (Fsp3) is 1.00. The Labute approximate surface area is 113 Å². The van der Waals surface area contributed by atoms with E-state index in [-0.39, 0.29) is 6.10 Å². The summed E-state index contributed by atoms with van der Waals surface area (Å²) in [5, 5.41) is 10.7. The van der Waals surface area contributed by atoms with Crippen LogP contribution in [-0.4, -0.2) is 11.2 Å². The smallest absolute Gasteiger partial charge is 0.0596 e. The molecule has 0 heterocycles. The molecule has 18 heavy (non-hydrogen) atoms. The average molecular weight is 252 g/mol. The second kappa shape index (κ2) is 5.53. The summed E-state index contributed by atoms with van der Waals surface area (Å²) < 4.78 is 0. The molecule has 2 fully saturated rings. The zero-order valence-electron chi connectivity index (χ0n) is 12.8. The molecule has 0 radical (unpaired) electrons. The van der Waals surface area contributed by atoms with E-state index >= 15 is 0 Å². The highest BCUT2D eigenvalue weighted by molar-refractivity contribution is 4.87. The van der Waals surface area contributed by atoms with Gasteiger partial charge in [0.05, 0.1) is 6.10 Å². The largest absolute Gasteiger partial charge is 0.393 e. The van der Waals surface area contributed by atoms with Crippen LogP contribution in [0.15, 0.2) is 0 Å². The molecular formula is C17H32O. The third-order valence-electron chi connectivity index (χ3n) is 5.56. The van der Waals surface area contributed by atoms with Crippen LogP contribution < -0.4 is 0 Å². The summed E-state index contributed by atoms with van der Waals surface area (Å²) in [6, 6.07) is 0. The minimum absolute atomic E-state index is 0.0219. The van der Waals surface area contributed by atoms with Gasteiger partial charge in [0.2, 0.25) is 0 Å². The van der Waals surface area contributed by atoms with Gasteiger partial charge >= 0.3 is 0 Å². The number of hydrogen-bond acceptors (Lipinski definition) is 1. The molecule has 1 N–H and O–H groups in total. The Kier molecular flexibility index (Phi) is 4.41. The van der Waals surface area contributed by atoms with Gasteiger partial charge in [-0.1, -0.05) is 27.7 Å². The van der Waals surface area contributed by atoms with Crippen LogP contribution in [0.1, 0.15) is 72.6 Å². The lowest BCUT2D eigenvalue weighted by Gasteiger charge is -2.41. The van der Waals surface area contributed by atoms with E-state index in [1.54, 1.807) is 0 Å². The van der Waals surface area contributed by atoms with Crippen molar-refractivity contribution in [3.8, 4) is 0 Å². The Morgan fingerprint density at radius 3 is 1.89 bits per heavy atom. The average Bonchev–Trinajstić information content (AvgIpc) is 2.27. The van der Waals surface area contributed by atoms with Crippen molar-refractivity contribution >= 4 is 0 Å². The SMILES string of the molecule is CC1CC(C)CC(C(O)C2CCC(C)(C)CC2)C1. The van der Waals surface area contributed by atoms with Crippen LogP contribution in [0.25, 0.3) is 0 Å². The summed E-state index contributed by atoms with van der Waals surface area (Å²) in [5.41, 5.74) is 0.517. The first kappa shape index (κ1) is 14.4. The number of rotatable bonds is 2. The van der Waals surface area contributed by atoms with Crippen molar-refractivity contribution < 1.29 is 5.11 Å². The Hall–Kier alpha value is -0.0400. The van der Waals surface area contributed by atoms with E-state index in [4.69, 9.17) is 0 Å². The Bertz CT molecular complexity index is 251. The third-order valence-corrected chi connectivity index (χ3v) is 5.56. The lowest BCUT2D eigenvalue weighted by molar-refractivity contribution is -0.0116. The lowest BCUT2D eigenvalue weighted by Crippen LogP contribution is -2.37. The second-order valence-corrected chi connectivity index (χ2v) is 8.17. The van der Waals surface area contributed by atoms with Gasteiger partial charge in [-0.15, -0.1) is 0 Å². The topological polar surface area (TPSA) is 20.2 Å². The first-order valence-electron chi connectivity index (χ1n) is 8.05. The lowest BCUT2D eigenvalue weighted by atomic mass is 9.66. The molecule has 2 saturated carbocycles. The first-order chi connectivity index (χ1) is 8.37. The van der Waals surface area contributed by atoms with E-state index in [1.165, 1.54) is 44.9 Å². The van der Waals surface area contributed by atoms with Crippen LogP contribution in [0, 0.1) is 29.1 Å². The minimum atomic E-state index is -0.0219. The summed E-state index contributed by atoms with van der Waals surface area (Å²) >= 11 is 0. The van der Waals surface area contributed by atoms with Crippen LogP contribution in [0.2, 0.25) is 0 Å². The van der Waals surface area contributed by atoms with Gasteiger partial charge < -0.3 is 5.11 Å². The molecule has 2 aliphatic carbocycles. The fourth-order valence-electron chi connectivity index (χ4n) is 4.44. The molecule has 0 aromatic heterocycles. The molecule has 1 nitrogen and oxygen atoms in total. The Balaban J connectivity index is 1.89. The predicted octanol–water partition coefficient (Wildman–Crippen LogP) is 4.64. The molecule has 0 spiro atoms. The number of aliphatic hydroxyl groups excluding tert-OH is 1. The van der Waals surface area contributed by atoms with Gasteiger partial charge in [-0.2, -0.15) is 0 Å². The number of aliphatic hydroxyl groups is 1. The monoisotopic (exact) mass is 252 g/mol. The Morgan fingerprint density at radius 1 is 0.889 bits per heavy atom. The maximum atomic E-state index is 10.7. The summed E-state index contributed by atoms with van der Waals surface area (Å²) in [6.45, 7) is 9.47. The normalized spacial score (nSPS) is 39.5. The zero-order valence-corrected chi connectivity index (χ0v) is 12.8. The highest BCUT2D eigenvalue weighted by Gasteiger charge is 2.36. The van der Waals surface area contributed by atoms with Crippen molar-refractivity contribution in [2.75, 3.05) is 0 Å². The zero-order chi connectivity index (χ0) is 13.3. The van der Waals surface area contributed by atoms with E-state index in [0.717, 1.165) is 11.8 Å². The molecule has 0 amide bonds. The highest BCUT2D eigenvalue weighted by atomic mass is 16.3. The molecule has 2 rings (SSSR count). The quantitative estimate of drug-likeness (QED) is 0.759. The molecule has 0 saturated heterocycles. The summed E-state index contributed by atoms with van der Waals surface area (Å²) in [5.74, 6) is 2.79. The molecule has 0 aromatic rings. The molecule has 3 atom stereocenters. The number of hydrogen-bond donors (Lipinski definition) is 1. The van der Waals surface area contributed by atoms with Crippen LogP contribution in [0.5, 0.6) is 0 Å². The van der Waals surface area contributed by atoms with Crippen molar-refractivity contribution in [2.24, 2.45) is 29.1 Å². The van der Waals surface area contributed by atoms with E-state index in [0.29, 0.717) is 17.3 Å². The Morgan fingerprint density at radius 2 is 1.39 bits per heavy atom. The van der Waals surface area contributed by atoms with E-state index in [9.17, 15) is 5.11 Å². The van der Waals surface area contributed by atoms with Crippen LogP contribution in [0.3, 0.4) is 0 Å². The summed E-state index contributed by atoms with van der Waals surface area (Å²) in [4.78, 5) is 0. The summed E-state index contributed by atoms with van der Waals surface area (Å²) in [6.07, 6.45) is 8.93. The van der Waals surface area contributed by atoms with Gasteiger partial charge in [-0.05, 0) is 74.0 Å². The van der Waals surface area contributed by atoms with Gasteiger partial charge in [0, 0.05) is 0 Å². The van der Waals surface area contributed by atoms with E-state index in [2.05, 4.69) is 27.7 Å². The second-order valence-electron chi connectivity index (χ2n) is 8.17. The van der Waals surface area contributed by atoms with Crippen molar-refractivity contribution in [3.05, 3.63) is 0 Å². The van der Waals surface area contributed by atoms with Gasteiger partial charge in [-0.3, -0.25) is 0 Å². The van der Waals surface area contributed by atoms with Crippen LogP contribution >= 0.6 is 0 Å².